The Morgan fingerprint density at radius 1 is 0.956 bits per heavy atom. The number of anilines is 2. The van der Waals surface area contributed by atoms with Crippen LogP contribution in [0.4, 0.5) is 11.4 Å². The highest BCUT2D eigenvalue weighted by Gasteiger charge is 2.23. The summed E-state index contributed by atoms with van der Waals surface area (Å²) >= 11 is 5.28. The molecule has 4 rings (SSSR count). The topological polar surface area (TPSA) is 104 Å². The van der Waals surface area contributed by atoms with E-state index in [1.54, 1.807) is 19.1 Å². The Morgan fingerprint density at radius 3 is 2.29 bits per heavy atom. The quantitative estimate of drug-likeness (QED) is 0.0460. The second-order valence-corrected chi connectivity index (χ2v) is 10.8. The van der Waals surface area contributed by atoms with Crippen molar-refractivity contribution in [2.24, 2.45) is 0 Å². The van der Waals surface area contributed by atoms with Crippen molar-refractivity contribution in [2.75, 3.05) is 49.6 Å². The van der Waals surface area contributed by atoms with E-state index in [4.69, 9.17) is 26.1 Å². The first-order valence-corrected chi connectivity index (χ1v) is 15.5. The van der Waals surface area contributed by atoms with Gasteiger partial charge in [-0.05, 0) is 82.7 Å². The van der Waals surface area contributed by atoms with Gasteiger partial charge in [-0.2, -0.15) is 0 Å². The fourth-order valence-electron chi connectivity index (χ4n) is 5.29. The van der Waals surface area contributed by atoms with Gasteiger partial charge in [0.15, 0.2) is 0 Å². The number of carboxylic acid groups (broad SMARTS) is 1. The number of ether oxygens (including phenoxy) is 2. The molecule has 45 heavy (non-hydrogen) atoms. The number of hydrogen-bond acceptors (Lipinski definition) is 7. The Bertz CT molecular complexity index is 1780. The predicted molar refractivity (Wildman–Crippen MR) is 183 cm³/mol. The second kappa shape index (κ2) is 14.9. The van der Waals surface area contributed by atoms with Gasteiger partial charge in [0, 0.05) is 58.7 Å². The van der Waals surface area contributed by atoms with E-state index >= 15 is 0 Å². The largest absolute Gasteiger partial charge is 0.478 e. The second-order valence-electron chi connectivity index (χ2n) is 10.4. The molecule has 0 bridgehead atoms. The minimum absolute atomic E-state index is 0.00198. The van der Waals surface area contributed by atoms with E-state index in [0.29, 0.717) is 28.2 Å². The molecule has 0 unspecified atom stereocenters. The van der Waals surface area contributed by atoms with Crippen LogP contribution in [-0.2, 0) is 14.3 Å². The van der Waals surface area contributed by atoms with Crippen molar-refractivity contribution in [2.45, 2.75) is 34.6 Å². The molecule has 1 heterocycles. The van der Waals surface area contributed by atoms with Crippen LogP contribution in [0.2, 0.25) is 0 Å². The van der Waals surface area contributed by atoms with Gasteiger partial charge in [0.05, 0.1) is 11.6 Å². The number of fused-ring (bicyclic) bond motifs is 2. The predicted octanol–water partition coefficient (Wildman–Crippen LogP) is 6.39. The van der Waals surface area contributed by atoms with Gasteiger partial charge in [0.25, 0.3) is 5.17 Å². The number of esters is 1. The summed E-state index contributed by atoms with van der Waals surface area (Å²) in [6, 6.07) is 17.2. The molecule has 0 aromatic heterocycles. The van der Waals surface area contributed by atoms with Crippen LogP contribution in [-0.4, -0.2) is 61.6 Å². The number of aromatic carboxylic acids is 1. The first-order chi connectivity index (χ1) is 21.6. The molecular formula is C35H40N3O6S+. The molecule has 1 aliphatic carbocycles. The van der Waals surface area contributed by atoms with E-state index < -0.39 is 11.9 Å². The zero-order valence-corrected chi connectivity index (χ0v) is 27.3. The summed E-state index contributed by atoms with van der Waals surface area (Å²) in [7, 11) is 0. The lowest BCUT2D eigenvalue weighted by Crippen LogP contribution is -2.29. The van der Waals surface area contributed by atoms with Crippen molar-refractivity contribution in [3.8, 4) is 22.5 Å². The van der Waals surface area contributed by atoms with Crippen molar-refractivity contribution < 1.29 is 28.6 Å². The van der Waals surface area contributed by atoms with Crippen LogP contribution in [0.5, 0.6) is 0 Å². The summed E-state index contributed by atoms with van der Waals surface area (Å²) in [6.07, 6.45) is 0. The molecule has 0 saturated heterocycles. The summed E-state index contributed by atoms with van der Waals surface area (Å²) < 4.78 is 19.2. The molecule has 0 fully saturated rings. The van der Waals surface area contributed by atoms with Crippen molar-refractivity contribution in [1.82, 2.24) is 4.58 Å². The van der Waals surface area contributed by atoms with Gasteiger partial charge in [0.1, 0.15) is 37.6 Å². The molecular weight excluding hydrogens is 590 g/mol. The van der Waals surface area contributed by atoms with E-state index in [0.717, 1.165) is 53.7 Å². The molecule has 2 aromatic rings. The smallest absolute Gasteiger partial charge is 0.336 e. The van der Waals surface area contributed by atoms with E-state index in [1.165, 1.54) is 6.07 Å². The Labute approximate surface area is 268 Å². The fraction of sp³-hybridized carbons (Fsp3) is 0.314. The van der Waals surface area contributed by atoms with E-state index in [-0.39, 0.29) is 24.0 Å². The standard InChI is InChI=1S/C35H39N3O6S/c1-7-37(8-2)24-12-15-27-30(20-24)44-31-21-25(38(9-3)10-4)13-16-28(31)32(27)26-14-11-23(19-29(26)33(39)40)36-35(45)43-18-17-42-34(41)22(5)6/h11-16,19-21H,5,7-10,17-18H2,1-4,6H3,(H,39,40)/p+1. The number of nitrogens with one attached hydrogen (secondary N) is 1. The molecule has 10 heteroatoms. The third kappa shape index (κ3) is 7.51. The summed E-state index contributed by atoms with van der Waals surface area (Å²) in [4.78, 5) is 26.5. The number of benzene rings is 3. The highest BCUT2D eigenvalue weighted by Crippen LogP contribution is 2.42. The zero-order chi connectivity index (χ0) is 32.7. The lowest BCUT2D eigenvalue weighted by Gasteiger charge is -2.22. The maximum Gasteiger partial charge on any atom is 0.336 e. The Morgan fingerprint density at radius 2 is 1.64 bits per heavy atom. The van der Waals surface area contributed by atoms with Crippen molar-refractivity contribution in [3.05, 3.63) is 77.7 Å². The number of carbonyl (C=O) groups is 2. The van der Waals surface area contributed by atoms with Gasteiger partial charge in [-0.25, -0.2) is 14.2 Å². The molecule has 0 spiro atoms. The SMILES string of the molecule is C=C(C)C(=O)OCCOC(=S)Nc1ccc(-c2c3ccc(=[N+](CC)CC)cc-3oc3cc(N(CC)CC)ccc23)c(C(=O)O)c1. The van der Waals surface area contributed by atoms with Crippen LogP contribution in [0.25, 0.3) is 33.4 Å². The van der Waals surface area contributed by atoms with Crippen LogP contribution < -0.4 is 20.1 Å². The van der Waals surface area contributed by atoms with Crippen LogP contribution >= 0.6 is 12.2 Å². The fourth-order valence-corrected chi connectivity index (χ4v) is 5.49. The molecule has 0 atom stereocenters. The van der Waals surface area contributed by atoms with Gasteiger partial charge in [0.2, 0.25) is 5.36 Å². The summed E-state index contributed by atoms with van der Waals surface area (Å²) in [5, 5.41) is 15.2. The third-order valence-corrected chi connectivity index (χ3v) is 7.83. The first-order valence-electron chi connectivity index (χ1n) is 15.1. The van der Waals surface area contributed by atoms with E-state index in [9.17, 15) is 14.7 Å². The molecule has 0 radical (unpaired) electrons. The molecule has 1 aliphatic heterocycles. The number of thiocarbonyl (C=S) groups is 1. The molecule has 2 N–H and O–H groups in total. The minimum Gasteiger partial charge on any atom is -0.478 e. The average Bonchev–Trinajstić information content (AvgIpc) is 3.03. The number of rotatable bonds is 12. The normalized spacial score (nSPS) is 10.9. The van der Waals surface area contributed by atoms with Gasteiger partial charge < -0.3 is 29.2 Å². The lowest BCUT2D eigenvalue weighted by atomic mass is 9.90. The Balaban J connectivity index is 1.81. The lowest BCUT2D eigenvalue weighted by molar-refractivity contribution is -0.139. The average molecular weight is 631 g/mol. The molecule has 0 amide bonds. The van der Waals surface area contributed by atoms with Crippen molar-refractivity contribution >= 4 is 51.7 Å². The van der Waals surface area contributed by atoms with Crippen molar-refractivity contribution in [3.63, 3.8) is 0 Å². The highest BCUT2D eigenvalue weighted by molar-refractivity contribution is 7.80. The van der Waals surface area contributed by atoms with Crippen LogP contribution in [0.1, 0.15) is 45.0 Å². The molecule has 2 aliphatic rings. The summed E-state index contributed by atoms with van der Waals surface area (Å²) in [5.41, 5.74) is 4.64. The van der Waals surface area contributed by atoms with Crippen LogP contribution in [0.3, 0.4) is 0 Å². The summed E-state index contributed by atoms with van der Waals surface area (Å²) in [5.74, 6) is -0.936. The molecule has 9 nitrogen and oxygen atoms in total. The number of carboxylic acids is 1. The maximum atomic E-state index is 12.7. The van der Waals surface area contributed by atoms with Gasteiger partial charge in [-0.1, -0.05) is 12.6 Å². The van der Waals surface area contributed by atoms with Gasteiger partial charge in [-0.15, -0.1) is 0 Å². The third-order valence-electron chi connectivity index (χ3n) is 7.61. The number of hydrogen-bond donors (Lipinski definition) is 2. The molecule has 236 valence electrons. The highest BCUT2D eigenvalue weighted by atomic mass is 32.1. The minimum atomic E-state index is -1.09. The van der Waals surface area contributed by atoms with Crippen LogP contribution in [0.15, 0.2) is 71.2 Å². The van der Waals surface area contributed by atoms with E-state index in [1.807, 2.05) is 36.4 Å². The Hall–Kier alpha value is -4.70. The Kier molecular flexibility index (Phi) is 11.0. The van der Waals surface area contributed by atoms with Crippen molar-refractivity contribution in [1.29, 1.82) is 0 Å². The summed E-state index contributed by atoms with van der Waals surface area (Å²) in [6.45, 7) is 16.9. The monoisotopic (exact) mass is 630 g/mol. The van der Waals surface area contributed by atoms with E-state index in [2.05, 4.69) is 49.1 Å². The number of carbonyl (C=O) groups excluding carboxylic acids is 1. The maximum absolute atomic E-state index is 12.7. The molecule has 0 saturated carbocycles. The first kappa shape index (κ1) is 33.2. The zero-order valence-electron chi connectivity index (χ0n) is 26.4. The van der Waals surface area contributed by atoms with Crippen LogP contribution in [0, 0.1) is 0 Å². The van der Waals surface area contributed by atoms with Gasteiger partial charge in [-0.3, -0.25) is 0 Å². The molecule has 2 aromatic carbocycles. The van der Waals surface area contributed by atoms with Gasteiger partial charge >= 0.3 is 11.9 Å². The number of nitrogens with zero attached hydrogens (tertiary/aromatic N) is 2.